The monoisotopic (exact) mass is 444 g/mol. The average molecular weight is 446 g/mol. The van der Waals surface area contributed by atoms with Gasteiger partial charge in [0.25, 0.3) is 0 Å². The smallest absolute Gasteiger partial charge is 0.224 e. The Hall–Kier alpha value is -1.78. The Balaban J connectivity index is 1.75. The molecule has 1 heterocycles. The van der Waals surface area contributed by atoms with E-state index in [1.165, 1.54) is 5.56 Å². The van der Waals surface area contributed by atoms with Crippen molar-refractivity contribution in [3.63, 3.8) is 0 Å². The number of amides is 1. The highest BCUT2D eigenvalue weighted by Crippen LogP contribution is 2.53. The molecule has 0 saturated carbocycles. The lowest BCUT2D eigenvalue weighted by molar-refractivity contribution is -0.116. The number of rotatable bonds is 4. The normalized spacial score (nSPS) is 22.7. The molecule has 3 nitrogen and oxygen atoms in total. The van der Waals surface area contributed by atoms with Crippen molar-refractivity contribution < 1.29 is 4.79 Å². The third kappa shape index (κ3) is 3.53. The summed E-state index contributed by atoms with van der Waals surface area (Å²) in [6, 6.07) is 12.4. The van der Waals surface area contributed by atoms with Crippen LogP contribution in [0, 0.1) is 5.92 Å². The minimum absolute atomic E-state index is 0.0515. The highest BCUT2D eigenvalue weighted by atomic mass is 79.9. The molecule has 3 unspecified atom stereocenters. The molecular formula is C22H22BrClN2O. The third-order valence-corrected chi connectivity index (χ3v) is 6.29. The molecule has 0 bridgehead atoms. The SMILES string of the molecule is CCCC(=O)Nc1ccc(Cl)c2c1C1C=CCC1C(c1ccc(Br)cc1)N2. The van der Waals surface area contributed by atoms with Gasteiger partial charge in [-0.1, -0.05) is 58.7 Å². The van der Waals surface area contributed by atoms with Crippen LogP contribution < -0.4 is 10.6 Å². The minimum Gasteiger partial charge on any atom is -0.376 e. The summed E-state index contributed by atoms with van der Waals surface area (Å²) in [5, 5.41) is 7.47. The summed E-state index contributed by atoms with van der Waals surface area (Å²) < 4.78 is 1.07. The van der Waals surface area contributed by atoms with Crippen molar-refractivity contribution >= 4 is 44.8 Å². The van der Waals surface area contributed by atoms with E-state index in [1.807, 2.05) is 19.1 Å². The summed E-state index contributed by atoms with van der Waals surface area (Å²) in [4.78, 5) is 12.2. The lowest BCUT2D eigenvalue weighted by atomic mass is 9.76. The van der Waals surface area contributed by atoms with Gasteiger partial charge in [-0.25, -0.2) is 0 Å². The molecule has 0 spiro atoms. The number of allylic oxidation sites excluding steroid dienone is 2. The van der Waals surface area contributed by atoms with Gasteiger partial charge in [0, 0.05) is 28.1 Å². The Morgan fingerprint density at radius 1 is 1.26 bits per heavy atom. The van der Waals surface area contributed by atoms with Crippen molar-refractivity contribution in [2.24, 2.45) is 5.92 Å². The number of halogens is 2. The first-order valence-corrected chi connectivity index (χ1v) is 10.6. The summed E-state index contributed by atoms with van der Waals surface area (Å²) in [5.41, 5.74) is 4.17. The van der Waals surface area contributed by atoms with Crippen molar-refractivity contribution in [3.05, 3.63) is 69.2 Å². The number of carbonyl (C=O) groups excluding carboxylic acids is 1. The van der Waals surface area contributed by atoms with Crippen molar-refractivity contribution in [2.75, 3.05) is 10.6 Å². The van der Waals surface area contributed by atoms with Crippen LogP contribution in [0.3, 0.4) is 0 Å². The fourth-order valence-electron chi connectivity index (χ4n) is 4.22. The Labute approximate surface area is 173 Å². The van der Waals surface area contributed by atoms with Gasteiger partial charge in [0.1, 0.15) is 0 Å². The van der Waals surface area contributed by atoms with Gasteiger partial charge >= 0.3 is 0 Å². The van der Waals surface area contributed by atoms with E-state index in [9.17, 15) is 4.79 Å². The number of carbonyl (C=O) groups is 1. The maximum Gasteiger partial charge on any atom is 0.224 e. The molecule has 27 heavy (non-hydrogen) atoms. The van der Waals surface area contributed by atoms with E-state index in [0.717, 1.165) is 34.3 Å². The van der Waals surface area contributed by atoms with E-state index in [2.05, 4.69) is 63.0 Å². The van der Waals surface area contributed by atoms with Crippen LogP contribution in [0.5, 0.6) is 0 Å². The topological polar surface area (TPSA) is 41.1 Å². The van der Waals surface area contributed by atoms with Gasteiger partial charge in [-0.15, -0.1) is 0 Å². The fraction of sp³-hybridized carbons (Fsp3) is 0.318. The Bertz CT molecular complexity index is 894. The average Bonchev–Trinajstić information content (AvgIpc) is 3.14. The van der Waals surface area contributed by atoms with Crippen LogP contribution >= 0.6 is 27.5 Å². The zero-order valence-corrected chi connectivity index (χ0v) is 17.5. The van der Waals surface area contributed by atoms with E-state index in [1.54, 1.807) is 0 Å². The predicted octanol–water partition coefficient (Wildman–Crippen LogP) is 6.67. The van der Waals surface area contributed by atoms with Crippen LogP contribution in [0.4, 0.5) is 11.4 Å². The Morgan fingerprint density at radius 2 is 2.04 bits per heavy atom. The minimum atomic E-state index is 0.0515. The number of hydrogen-bond acceptors (Lipinski definition) is 2. The molecule has 2 aromatic rings. The summed E-state index contributed by atoms with van der Waals surface area (Å²) in [5.74, 6) is 0.695. The van der Waals surface area contributed by atoms with Gasteiger partial charge < -0.3 is 10.6 Å². The first kappa shape index (κ1) is 18.6. The molecule has 2 aliphatic rings. The van der Waals surface area contributed by atoms with Crippen LogP contribution in [-0.2, 0) is 4.79 Å². The number of hydrogen-bond donors (Lipinski definition) is 2. The molecular weight excluding hydrogens is 424 g/mol. The number of fused-ring (bicyclic) bond motifs is 3. The van der Waals surface area contributed by atoms with Gasteiger partial charge in [-0.2, -0.15) is 0 Å². The Morgan fingerprint density at radius 3 is 2.78 bits per heavy atom. The van der Waals surface area contributed by atoms with E-state index in [0.29, 0.717) is 17.4 Å². The van der Waals surface area contributed by atoms with Crippen molar-refractivity contribution in [2.45, 2.75) is 38.1 Å². The second-order valence-electron chi connectivity index (χ2n) is 7.21. The molecule has 1 aliphatic carbocycles. The number of benzene rings is 2. The van der Waals surface area contributed by atoms with Gasteiger partial charge in [-0.05, 0) is 48.6 Å². The van der Waals surface area contributed by atoms with E-state index in [-0.39, 0.29) is 17.9 Å². The predicted molar refractivity (Wildman–Crippen MR) is 115 cm³/mol. The molecule has 0 saturated heterocycles. The molecule has 1 aliphatic heterocycles. The second-order valence-corrected chi connectivity index (χ2v) is 8.53. The summed E-state index contributed by atoms with van der Waals surface area (Å²) in [7, 11) is 0. The van der Waals surface area contributed by atoms with Crippen LogP contribution in [0.1, 0.15) is 49.3 Å². The van der Waals surface area contributed by atoms with Crippen molar-refractivity contribution in [1.29, 1.82) is 0 Å². The zero-order chi connectivity index (χ0) is 19.0. The van der Waals surface area contributed by atoms with Crippen LogP contribution in [0.25, 0.3) is 0 Å². The second kappa shape index (κ2) is 7.69. The van der Waals surface area contributed by atoms with Crippen molar-refractivity contribution in [1.82, 2.24) is 0 Å². The van der Waals surface area contributed by atoms with Gasteiger partial charge in [-0.3, -0.25) is 4.79 Å². The first-order chi connectivity index (χ1) is 13.1. The molecule has 2 aromatic carbocycles. The molecule has 2 N–H and O–H groups in total. The van der Waals surface area contributed by atoms with Crippen LogP contribution in [-0.4, -0.2) is 5.91 Å². The van der Waals surface area contributed by atoms with Gasteiger partial charge in [0.05, 0.1) is 16.8 Å². The lowest BCUT2D eigenvalue weighted by Crippen LogP contribution is -2.30. The number of nitrogens with one attached hydrogen (secondary N) is 2. The molecule has 1 amide bonds. The molecule has 140 valence electrons. The van der Waals surface area contributed by atoms with E-state index >= 15 is 0 Å². The lowest BCUT2D eigenvalue weighted by Gasteiger charge is -2.39. The molecule has 3 atom stereocenters. The summed E-state index contributed by atoms with van der Waals surface area (Å²) in [6.07, 6.45) is 6.87. The summed E-state index contributed by atoms with van der Waals surface area (Å²) in [6.45, 7) is 2.01. The van der Waals surface area contributed by atoms with E-state index in [4.69, 9.17) is 11.6 Å². The maximum atomic E-state index is 12.2. The molecule has 0 fully saturated rings. The third-order valence-electron chi connectivity index (χ3n) is 5.45. The highest BCUT2D eigenvalue weighted by molar-refractivity contribution is 9.10. The summed E-state index contributed by atoms with van der Waals surface area (Å²) >= 11 is 10.1. The molecule has 5 heteroatoms. The van der Waals surface area contributed by atoms with E-state index < -0.39 is 0 Å². The number of anilines is 2. The zero-order valence-electron chi connectivity index (χ0n) is 15.1. The highest BCUT2D eigenvalue weighted by Gasteiger charge is 2.40. The molecule has 4 rings (SSSR count). The first-order valence-electron chi connectivity index (χ1n) is 9.39. The van der Waals surface area contributed by atoms with Gasteiger partial charge in [0.2, 0.25) is 5.91 Å². The van der Waals surface area contributed by atoms with Crippen LogP contribution in [0.2, 0.25) is 5.02 Å². The van der Waals surface area contributed by atoms with Crippen LogP contribution in [0.15, 0.2) is 53.0 Å². The van der Waals surface area contributed by atoms with Gasteiger partial charge in [0.15, 0.2) is 0 Å². The fourth-order valence-corrected chi connectivity index (χ4v) is 4.71. The standard InChI is InChI=1S/C22H22BrClN2O/c1-2-4-19(27)25-18-12-11-17(24)22-20(18)15-5-3-6-16(15)21(26-22)13-7-9-14(23)10-8-13/h3,5,7-12,15-16,21,26H,2,4,6H2,1H3,(H,25,27). The molecule has 0 aromatic heterocycles. The quantitative estimate of drug-likeness (QED) is 0.516. The molecule has 0 radical (unpaired) electrons. The van der Waals surface area contributed by atoms with Crippen molar-refractivity contribution in [3.8, 4) is 0 Å². The Kier molecular flexibility index (Phi) is 5.29. The maximum absolute atomic E-state index is 12.2. The largest absolute Gasteiger partial charge is 0.376 e.